The highest BCUT2D eigenvalue weighted by Gasteiger charge is 2.41. The van der Waals surface area contributed by atoms with Crippen LogP contribution >= 0.6 is 0 Å². The number of methoxy groups -OCH3 is 1. The van der Waals surface area contributed by atoms with Gasteiger partial charge in [0.2, 0.25) is 0 Å². The number of aromatic amines is 1. The van der Waals surface area contributed by atoms with Crippen LogP contribution in [-0.4, -0.2) is 65.7 Å². The van der Waals surface area contributed by atoms with E-state index in [-0.39, 0.29) is 11.4 Å². The van der Waals surface area contributed by atoms with Crippen molar-refractivity contribution in [3.8, 4) is 0 Å². The topological polar surface area (TPSA) is 160 Å². The number of hydrogen-bond donors (Lipinski definition) is 1. The highest BCUT2D eigenvalue weighted by atomic mass is 16.6. The molecule has 0 aliphatic heterocycles. The summed E-state index contributed by atoms with van der Waals surface area (Å²) >= 11 is 0. The fourth-order valence-electron chi connectivity index (χ4n) is 3.88. The fourth-order valence-corrected chi connectivity index (χ4v) is 3.88. The van der Waals surface area contributed by atoms with Gasteiger partial charge in [-0.3, -0.25) is 19.2 Å². The first-order chi connectivity index (χ1) is 17.5. The van der Waals surface area contributed by atoms with Gasteiger partial charge in [0.15, 0.2) is 18.3 Å². The summed E-state index contributed by atoms with van der Waals surface area (Å²) in [6.45, 7) is 3.96. The lowest BCUT2D eigenvalue weighted by atomic mass is 10.0. The Bertz CT molecular complexity index is 1360. The predicted molar refractivity (Wildman–Crippen MR) is 127 cm³/mol. The molecule has 3 rings (SSSR count). The zero-order chi connectivity index (χ0) is 27.3. The molecule has 0 radical (unpaired) electrons. The average Bonchev–Trinajstić information content (AvgIpc) is 3.21. The third kappa shape index (κ3) is 6.40. The number of rotatable bonds is 9. The number of carbonyl (C=O) groups is 5. The Morgan fingerprint density at radius 2 is 1.51 bits per heavy atom. The number of nitrogens with one attached hydrogen (secondary N) is 1. The molecule has 0 spiro atoms. The molecule has 196 valence electrons. The normalized spacial score (nSPS) is 13.3. The Labute approximate surface area is 211 Å². The molecule has 1 aromatic carbocycles. The van der Waals surface area contributed by atoms with Gasteiger partial charge in [-0.2, -0.15) is 0 Å². The second-order valence-electron chi connectivity index (χ2n) is 8.03. The molecule has 12 nitrogen and oxygen atoms in total. The van der Waals surface area contributed by atoms with Crippen molar-refractivity contribution in [1.29, 1.82) is 0 Å². The molecule has 12 heteroatoms. The van der Waals surface area contributed by atoms with E-state index in [1.165, 1.54) is 13.2 Å². The largest absolute Gasteiger partial charge is 0.464 e. The quantitative estimate of drug-likeness (QED) is 0.330. The smallest absolute Gasteiger partial charge is 0.356 e. The van der Waals surface area contributed by atoms with E-state index in [1.807, 2.05) is 6.07 Å². The third-order valence-electron chi connectivity index (χ3n) is 5.22. The van der Waals surface area contributed by atoms with E-state index in [4.69, 9.17) is 23.7 Å². The Kier molecular flexibility index (Phi) is 8.43. The first kappa shape index (κ1) is 27.1. The number of fused-ring (bicyclic) bond motifs is 3. The van der Waals surface area contributed by atoms with Gasteiger partial charge in [0, 0.05) is 44.0 Å². The molecule has 0 bridgehead atoms. The summed E-state index contributed by atoms with van der Waals surface area (Å²) in [5.41, 5.74) is 0.934. The third-order valence-corrected chi connectivity index (χ3v) is 5.22. The summed E-state index contributed by atoms with van der Waals surface area (Å²) in [5, 5.41) is 1.28. The van der Waals surface area contributed by atoms with Crippen LogP contribution in [-0.2, 0) is 42.9 Å². The molecule has 0 aliphatic rings. The lowest BCUT2D eigenvalue weighted by Crippen LogP contribution is -2.44. The SMILES string of the molecule is COC(=O)c1cc2c([nH]c3ccccc32)c([C@H](OC(C)=O)[C@H](OC(C)=O)[C@@H](COC(C)=O)OC(C)=O)n1. The summed E-state index contributed by atoms with van der Waals surface area (Å²) in [4.78, 5) is 67.8. The molecular formula is C25H26N2O10. The molecule has 3 atom stereocenters. The highest BCUT2D eigenvalue weighted by Crippen LogP contribution is 2.35. The molecule has 2 heterocycles. The summed E-state index contributed by atoms with van der Waals surface area (Å²) in [5.74, 6) is -3.82. The van der Waals surface area contributed by atoms with E-state index in [0.29, 0.717) is 16.4 Å². The van der Waals surface area contributed by atoms with Crippen LogP contribution in [0.15, 0.2) is 30.3 Å². The first-order valence-corrected chi connectivity index (χ1v) is 11.2. The number of nitrogens with zero attached hydrogens (tertiary/aromatic N) is 1. The van der Waals surface area contributed by atoms with Gasteiger partial charge in [-0.05, 0) is 12.1 Å². The molecule has 37 heavy (non-hydrogen) atoms. The number of ether oxygens (including phenoxy) is 5. The van der Waals surface area contributed by atoms with Crippen molar-refractivity contribution in [1.82, 2.24) is 9.97 Å². The van der Waals surface area contributed by atoms with Crippen LogP contribution in [0.1, 0.15) is 50.0 Å². The van der Waals surface area contributed by atoms with Crippen LogP contribution < -0.4 is 0 Å². The van der Waals surface area contributed by atoms with Crippen LogP contribution in [0.25, 0.3) is 21.8 Å². The maximum Gasteiger partial charge on any atom is 0.356 e. The van der Waals surface area contributed by atoms with Gasteiger partial charge in [0.25, 0.3) is 0 Å². The minimum atomic E-state index is -1.51. The van der Waals surface area contributed by atoms with Crippen molar-refractivity contribution in [2.45, 2.75) is 46.0 Å². The number of carbonyl (C=O) groups excluding carboxylic acids is 5. The van der Waals surface area contributed by atoms with Crippen molar-refractivity contribution < 1.29 is 47.7 Å². The van der Waals surface area contributed by atoms with E-state index >= 15 is 0 Å². The van der Waals surface area contributed by atoms with E-state index in [0.717, 1.165) is 33.1 Å². The van der Waals surface area contributed by atoms with Crippen LogP contribution in [0, 0.1) is 0 Å². The molecule has 3 aromatic rings. The van der Waals surface area contributed by atoms with Crippen molar-refractivity contribution in [3.63, 3.8) is 0 Å². The van der Waals surface area contributed by atoms with Crippen molar-refractivity contribution >= 4 is 51.7 Å². The molecule has 0 amide bonds. The summed E-state index contributed by atoms with van der Waals surface area (Å²) < 4.78 is 26.2. The standard InChI is InChI=1S/C25H26N2O10/c1-12(28)34-11-20(35-13(2)29)23(36-14(3)30)24(37-15(4)31)22-21-17(10-19(27-22)25(32)33-5)16-8-6-7-9-18(16)26-21/h6-10,20,23-24,26H,11H2,1-5H3/t20-,23-,24+/m1/s1. The Morgan fingerprint density at radius 1 is 0.865 bits per heavy atom. The maximum atomic E-state index is 12.5. The Balaban J connectivity index is 2.32. The van der Waals surface area contributed by atoms with E-state index in [2.05, 4.69) is 9.97 Å². The molecule has 0 fully saturated rings. The molecule has 0 saturated carbocycles. The summed E-state index contributed by atoms with van der Waals surface area (Å²) in [6.07, 6.45) is -4.40. The van der Waals surface area contributed by atoms with Crippen LogP contribution in [0.2, 0.25) is 0 Å². The van der Waals surface area contributed by atoms with Gasteiger partial charge in [-0.15, -0.1) is 0 Å². The monoisotopic (exact) mass is 514 g/mol. The minimum absolute atomic E-state index is 0.00414. The van der Waals surface area contributed by atoms with Crippen molar-refractivity contribution in [3.05, 3.63) is 41.7 Å². The van der Waals surface area contributed by atoms with Gasteiger partial charge in [-0.1, -0.05) is 18.2 Å². The van der Waals surface area contributed by atoms with Gasteiger partial charge < -0.3 is 28.7 Å². The second kappa shape index (κ2) is 11.5. The van der Waals surface area contributed by atoms with Crippen LogP contribution in [0.3, 0.4) is 0 Å². The average molecular weight is 514 g/mol. The number of aromatic nitrogens is 2. The Morgan fingerprint density at radius 3 is 2.11 bits per heavy atom. The summed E-state index contributed by atoms with van der Waals surface area (Å²) in [7, 11) is 1.18. The molecule has 0 aliphatic carbocycles. The van der Waals surface area contributed by atoms with Gasteiger partial charge in [0.1, 0.15) is 18.0 Å². The summed E-state index contributed by atoms with van der Waals surface area (Å²) in [6, 6.07) is 8.72. The fraction of sp³-hybridized carbons (Fsp3) is 0.360. The number of para-hydroxylation sites is 1. The van der Waals surface area contributed by atoms with Crippen LogP contribution in [0.4, 0.5) is 0 Å². The number of esters is 5. The lowest BCUT2D eigenvalue weighted by molar-refractivity contribution is -0.190. The minimum Gasteiger partial charge on any atom is -0.464 e. The number of benzene rings is 1. The molecular weight excluding hydrogens is 488 g/mol. The number of pyridine rings is 1. The molecule has 2 aromatic heterocycles. The van der Waals surface area contributed by atoms with Crippen LogP contribution in [0.5, 0.6) is 0 Å². The second-order valence-corrected chi connectivity index (χ2v) is 8.03. The van der Waals surface area contributed by atoms with E-state index in [9.17, 15) is 24.0 Å². The molecule has 1 N–H and O–H groups in total. The zero-order valence-corrected chi connectivity index (χ0v) is 20.9. The van der Waals surface area contributed by atoms with Gasteiger partial charge in [0.05, 0.1) is 12.6 Å². The first-order valence-electron chi connectivity index (χ1n) is 11.2. The van der Waals surface area contributed by atoms with Crippen molar-refractivity contribution in [2.24, 2.45) is 0 Å². The highest BCUT2D eigenvalue weighted by molar-refractivity contribution is 6.09. The van der Waals surface area contributed by atoms with Gasteiger partial charge in [-0.25, -0.2) is 9.78 Å². The van der Waals surface area contributed by atoms with E-state index < -0.39 is 54.8 Å². The molecule has 0 saturated heterocycles. The zero-order valence-electron chi connectivity index (χ0n) is 20.9. The lowest BCUT2D eigenvalue weighted by Gasteiger charge is -2.31. The van der Waals surface area contributed by atoms with E-state index in [1.54, 1.807) is 18.2 Å². The van der Waals surface area contributed by atoms with Crippen molar-refractivity contribution in [2.75, 3.05) is 13.7 Å². The maximum absolute atomic E-state index is 12.5. The van der Waals surface area contributed by atoms with Gasteiger partial charge >= 0.3 is 29.8 Å². The number of hydrogen-bond acceptors (Lipinski definition) is 11. The predicted octanol–water partition coefficient (Wildman–Crippen LogP) is 2.53. The number of H-pyrrole nitrogens is 1. The molecule has 0 unspecified atom stereocenters. The Hall–Kier alpha value is -4.48.